The molecule has 1 heterocycles. The minimum atomic E-state index is -4.87. The zero-order chi connectivity index (χ0) is 16.3. The number of nitrogens with zero attached hydrogens (tertiary/aromatic N) is 1. The first-order chi connectivity index (χ1) is 10.3. The van der Waals surface area contributed by atoms with E-state index in [-0.39, 0.29) is 12.5 Å². The van der Waals surface area contributed by atoms with Gasteiger partial charge in [0.1, 0.15) is 11.6 Å². The van der Waals surface area contributed by atoms with Gasteiger partial charge >= 0.3 is 12.1 Å². The number of aromatic carboxylic acids is 1. The number of hydrogen-bond donors (Lipinski definition) is 1. The van der Waals surface area contributed by atoms with E-state index in [0.29, 0.717) is 6.20 Å². The fraction of sp³-hybridized carbons (Fsp3) is 0.143. The first-order valence-electron chi connectivity index (χ1n) is 5.96. The van der Waals surface area contributed by atoms with Crippen molar-refractivity contribution in [1.82, 2.24) is 4.98 Å². The van der Waals surface area contributed by atoms with Gasteiger partial charge in [-0.25, -0.2) is 9.78 Å². The third kappa shape index (κ3) is 3.48. The Morgan fingerprint density at radius 3 is 2.45 bits per heavy atom. The predicted octanol–water partition coefficient (Wildman–Crippen LogP) is 4.03. The van der Waals surface area contributed by atoms with E-state index in [1.165, 1.54) is 0 Å². The average Bonchev–Trinajstić information content (AvgIpc) is 2.45. The van der Waals surface area contributed by atoms with Gasteiger partial charge in [-0.05, 0) is 5.56 Å². The fourth-order valence-electron chi connectivity index (χ4n) is 1.72. The zero-order valence-electron chi connectivity index (χ0n) is 10.9. The third-order valence-electron chi connectivity index (χ3n) is 2.73. The molecule has 22 heavy (non-hydrogen) atoms. The number of halogens is 4. The van der Waals surface area contributed by atoms with Crippen molar-refractivity contribution in [3.05, 3.63) is 58.2 Å². The van der Waals surface area contributed by atoms with Crippen LogP contribution in [0.5, 0.6) is 5.88 Å². The van der Waals surface area contributed by atoms with Crippen LogP contribution in [-0.2, 0) is 12.8 Å². The minimum absolute atomic E-state index is 0.00200. The molecule has 0 amide bonds. The Labute approximate surface area is 128 Å². The molecule has 4 nitrogen and oxygen atoms in total. The topological polar surface area (TPSA) is 59.4 Å². The summed E-state index contributed by atoms with van der Waals surface area (Å²) >= 11 is 5.71. The predicted molar refractivity (Wildman–Crippen MR) is 72.0 cm³/mol. The van der Waals surface area contributed by atoms with Crippen molar-refractivity contribution >= 4 is 17.6 Å². The molecule has 0 fully saturated rings. The Morgan fingerprint density at radius 2 is 1.91 bits per heavy atom. The SMILES string of the molecule is O=C(O)c1c(C(F)(F)F)cnc(OCc2ccccc2)c1Cl. The highest BCUT2D eigenvalue weighted by atomic mass is 35.5. The van der Waals surface area contributed by atoms with Crippen molar-refractivity contribution < 1.29 is 27.8 Å². The van der Waals surface area contributed by atoms with Gasteiger partial charge in [0.15, 0.2) is 0 Å². The number of aromatic nitrogens is 1. The van der Waals surface area contributed by atoms with Crippen LogP contribution in [0.25, 0.3) is 0 Å². The van der Waals surface area contributed by atoms with Crippen molar-refractivity contribution in [2.24, 2.45) is 0 Å². The third-order valence-corrected chi connectivity index (χ3v) is 3.08. The molecule has 1 N–H and O–H groups in total. The number of carbonyl (C=O) groups is 1. The van der Waals surface area contributed by atoms with Crippen molar-refractivity contribution in [3.8, 4) is 5.88 Å². The van der Waals surface area contributed by atoms with Crippen LogP contribution in [0.1, 0.15) is 21.5 Å². The zero-order valence-corrected chi connectivity index (χ0v) is 11.6. The maximum Gasteiger partial charge on any atom is 0.418 e. The number of pyridine rings is 1. The summed E-state index contributed by atoms with van der Waals surface area (Å²) in [6.45, 7) is -0.00200. The molecule has 0 aliphatic heterocycles. The van der Waals surface area contributed by atoms with E-state index in [9.17, 15) is 18.0 Å². The second kappa shape index (κ2) is 6.23. The van der Waals surface area contributed by atoms with Crippen LogP contribution < -0.4 is 4.74 Å². The molecule has 0 bridgehead atoms. The lowest BCUT2D eigenvalue weighted by Crippen LogP contribution is -2.15. The van der Waals surface area contributed by atoms with E-state index < -0.39 is 28.3 Å². The lowest BCUT2D eigenvalue weighted by molar-refractivity contribution is -0.138. The molecule has 0 saturated carbocycles. The Balaban J connectivity index is 2.34. The van der Waals surface area contributed by atoms with E-state index in [1.54, 1.807) is 30.3 Å². The summed E-state index contributed by atoms with van der Waals surface area (Å²) in [5, 5.41) is 8.27. The summed E-state index contributed by atoms with van der Waals surface area (Å²) in [7, 11) is 0. The molecular formula is C14H9ClF3NO3. The molecule has 116 valence electrons. The fourth-order valence-corrected chi connectivity index (χ4v) is 2.01. The Hall–Kier alpha value is -2.28. The molecule has 0 spiro atoms. The maximum absolute atomic E-state index is 12.8. The van der Waals surface area contributed by atoms with Gasteiger partial charge in [-0.1, -0.05) is 41.9 Å². The van der Waals surface area contributed by atoms with E-state index >= 15 is 0 Å². The summed E-state index contributed by atoms with van der Waals surface area (Å²) in [6, 6.07) is 8.76. The Kier molecular flexibility index (Phi) is 4.56. The first-order valence-corrected chi connectivity index (χ1v) is 6.34. The standard InChI is InChI=1S/C14H9ClF3NO3/c15-11-10(13(20)21)9(14(16,17)18)6-19-12(11)22-7-8-4-2-1-3-5-8/h1-6H,7H2,(H,20,21). The van der Waals surface area contributed by atoms with Gasteiger partial charge < -0.3 is 9.84 Å². The van der Waals surface area contributed by atoms with Gasteiger partial charge in [0.25, 0.3) is 0 Å². The Morgan fingerprint density at radius 1 is 1.27 bits per heavy atom. The molecule has 0 atom stereocenters. The number of ether oxygens (including phenoxy) is 1. The molecule has 2 aromatic rings. The second-order valence-corrected chi connectivity index (χ2v) is 4.62. The van der Waals surface area contributed by atoms with Gasteiger partial charge in [0.05, 0.1) is 11.1 Å². The molecule has 8 heteroatoms. The highest BCUT2D eigenvalue weighted by Gasteiger charge is 2.38. The molecular weight excluding hydrogens is 323 g/mol. The van der Waals surface area contributed by atoms with Crippen molar-refractivity contribution in [2.75, 3.05) is 0 Å². The van der Waals surface area contributed by atoms with Gasteiger partial charge in [-0.15, -0.1) is 0 Å². The quantitative estimate of drug-likeness (QED) is 0.919. The molecule has 0 unspecified atom stereocenters. The first kappa shape index (κ1) is 16.1. The van der Waals surface area contributed by atoms with Crippen LogP contribution in [-0.4, -0.2) is 16.1 Å². The number of rotatable bonds is 4. The van der Waals surface area contributed by atoms with Crippen LogP contribution >= 0.6 is 11.6 Å². The van der Waals surface area contributed by atoms with Crippen molar-refractivity contribution in [3.63, 3.8) is 0 Å². The van der Waals surface area contributed by atoms with Crippen LogP contribution in [0.4, 0.5) is 13.2 Å². The summed E-state index contributed by atoms with van der Waals surface area (Å²) in [5.74, 6) is -2.17. The molecule has 1 aromatic heterocycles. The van der Waals surface area contributed by atoms with Gasteiger partial charge in [0, 0.05) is 6.20 Å². The number of carboxylic acids is 1. The smallest absolute Gasteiger partial charge is 0.418 e. The number of alkyl halides is 3. The molecule has 0 radical (unpaired) electrons. The lowest BCUT2D eigenvalue weighted by Gasteiger charge is -2.14. The highest BCUT2D eigenvalue weighted by molar-refractivity contribution is 6.34. The maximum atomic E-state index is 12.8. The van der Waals surface area contributed by atoms with E-state index in [1.807, 2.05) is 0 Å². The normalized spacial score (nSPS) is 11.3. The van der Waals surface area contributed by atoms with E-state index in [0.717, 1.165) is 5.56 Å². The molecule has 0 aliphatic carbocycles. The van der Waals surface area contributed by atoms with E-state index in [2.05, 4.69) is 4.98 Å². The number of benzene rings is 1. The average molecular weight is 332 g/mol. The summed E-state index contributed by atoms with van der Waals surface area (Å²) in [5.41, 5.74) is -1.76. The van der Waals surface area contributed by atoms with Crippen LogP contribution in [0.3, 0.4) is 0 Å². The highest BCUT2D eigenvalue weighted by Crippen LogP contribution is 2.37. The summed E-state index contributed by atoms with van der Waals surface area (Å²) in [4.78, 5) is 14.5. The lowest BCUT2D eigenvalue weighted by atomic mass is 10.1. The van der Waals surface area contributed by atoms with Gasteiger partial charge in [0.2, 0.25) is 5.88 Å². The number of hydrogen-bond acceptors (Lipinski definition) is 3. The molecule has 0 aliphatic rings. The van der Waals surface area contributed by atoms with Crippen molar-refractivity contribution in [1.29, 1.82) is 0 Å². The molecule has 1 aromatic carbocycles. The van der Waals surface area contributed by atoms with Crippen molar-refractivity contribution in [2.45, 2.75) is 12.8 Å². The monoisotopic (exact) mass is 331 g/mol. The van der Waals surface area contributed by atoms with Crippen LogP contribution in [0.2, 0.25) is 5.02 Å². The number of carboxylic acid groups (broad SMARTS) is 1. The van der Waals surface area contributed by atoms with E-state index in [4.69, 9.17) is 21.4 Å². The summed E-state index contributed by atoms with van der Waals surface area (Å²) < 4.78 is 43.5. The minimum Gasteiger partial charge on any atom is -0.478 e. The van der Waals surface area contributed by atoms with Crippen LogP contribution in [0, 0.1) is 0 Å². The molecule has 2 rings (SSSR count). The molecule has 0 saturated heterocycles. The summed E-state index contributed by atoms with van der Waals surface area (Å²) in [6.07, 6.45) is -4.47. The van der Waals surface area contributed by atoms with Gasteiger partial charge in [-0.2, -0.15) is 13.2 Å². The Bertz CT molecular complexity index is 690. The second-order valence-electron chi connectivity index (χ2n) is 4.24. The van der Waals surface area contributed by atoms with Crippen LogP contribution in [0.15, 0.2) is 36.5 Å². The van der Waals surface area contributed by atoms with Gasteiger partial charge in [-0.3, -0.25) is 0 Å². The largest absolute Gasteiger partial charge is 0.478 e.